The van der Waals surface area contributed by atoms with E-state index in [0.29, 0.717) is 59.8 Å². The predicted octanol–water partition coefficient (Wildman–Crippen LogP) is 19.2. The maximum Gasteiger partial charge on any atom is 0.0630 e. The second-order valence-electron chi connectivity index (χ2n) is 26.0. The molecular weight excluding hydrogens is 1130 g/mol. The van der Waals surface area contributed by atoms with Crippen LogP contribution in [0.4, 0.5) is 28.4 Å². The number of hydrogen-bond donors (Lipinski definition) is 5. The zero-order valence-electron chi connectivity index (χ0n) is 51.5. The molecule has 10 unspecified atom stereocenters. The van der Waals surface area contributed by atoms with E-state index >= 15 is 0 Å². The third kappa shape index (κ3) is 9.60. The van der Waals surface area contributed by atoms with Gasteiger partial charge >= 0.3 is 0 Å². The Balaban J connectivity index is 0.0000000859. The number of anilines is 5. The number of hydrogen-bond acceptors (Lipinski definition) is 5. The van der Waals surface area contributed by atoms with Gasteiger partial charge in [-0.2, -0.15) is 0 Å². The summed E-state index contributed by atoms with van der Waals surface area (Å²) in [7, 11) is 0. The van der Waals surface area contributed by atoms with Crippen molar-refractivity contribution >= 4 is 69.6 Å². The van der Waals surface area contributed by atoms with Gasteiger partial charge < -0.3 is 26.6 Å². The van der Waals surface area contributed by atoms with Crippen LogP contribution in [0.15, 0.2) is 297 Å². The topological polar surface area (TPSA) is 60.1 Å². The van der Waals surface area contributed by atoms with Crippen LogP contribution in [0.1, 0.15) is 114 Å². The van der Waals surface area contributed by atoms with Crippen molar-refractivity contribution in [3.8, 4) is 11.1 Å². The van der Waals surface area contributed by atoms with E-state index in [1.54, 1.807) is 0 Å². The second-order valence-corrected chi connectivity index (χ2v) is 26.0. The quantitative estimate of drug-likeness (QED) is 0.105. The minimum atomic E-state index is 0.355. The van der Waals surface area contributed by atoms with Crippen molar-refractivity contribution in [2.75, 3.05) is 26.6 Å². The zero-order chi connectivity index (χ0) is 61.3. The van der Waals surface area contributed by atoms with Gasteiger partial charge in [-0.3, -0.25) is 0 Å². The van der Waals surface area contributed by atoms with Gasteiger partial charge in [-0.05, 0) is 141 Å². The molecule has 5 aliphatic carbocycles. The maximum atomic E-state index is 3.73. The van der Waals surface area contributed by atoms with E-state index in [1.807, 2.05) is 0 Å². The lowest BCUT2D eigenvalue weighted by molar-refractivity contribution is 0.703. The number of nitrogens with one attached hydrogen (secondary N) is 5. The van der Waals surface area contributed by atoms with Crippen molar-refractivity contribution < 1.29 is 0 Å². The van der Waals surface area contributed by atoms with Crippen LogP contribution in [0.5, 0.6) is 0 Å². The predicted molar refractivity (Wildman–Crippen MR) is 389 cm³/mol. The smallest absolute Gasteiger partial charge is 0.0630 e. The Morgan fingerprint density at radius 3 is 1.28 bits per heavy atom. The molecule has 5 heterocycles. The van der Waals surface area contributed by atoms with E-state index < -0.39 is 0 Å². The van der Waals surface area contributed by atoms with E-state index in [-0.39, 0.29) is 0 Å². The Morgan fingerprint density at radius 1 is 0.226 bits per heavy atom. The highest BCUT2D eigenvalue weighted by Crippen LogP contribution is 2.55. The van der Waals surface area contributed by atoms with Crippen molar-refractivity contribution in [1.82, 2.24) is 0 Å². The molecule has 12 aromatic rings. The van der Waals surface area contributed by atoms with Crippen molar-refractivity contribution in [3.63, 3.8) is 0 Å². The fourth-order valence-corrected chi connectivity index (χ4v) is 16.7. The number of benzene rings is 12. The lowest BCUT2D eigenvalue weighted by Crippen LogP contribution is -2.34. The molecule has 0 spiro atoms. The summed E-state index contributed by atoms with van der Waals surface area (Å²) in [5, 5.41) is 23.6. The molecule has 10 aliphatic rings. The van der Waals surface area contributed by atoms with Gasteiger partial charge in [0.05, 0.1) is 30.2 Å². The average molecular weight is 1200 g/mol. The molecule has 0 saturated heterocycles. The summed E-state index contributed by atoms with van der Waals surface area (Å²) in [4.78, 5) is 0. The molecule has 0 saturated carbocycles. The van der Waals surface area contributed by atoms with Crippen LogP contribution < -0.4 is 37.0 Å². The first-order valence-corrected chi connectivity index (χ1v) is 33.1. The first-order valence-electron chi connectivity index (χ1n) is 33.1. The summed E-state index contributed by atoms with van der Waals surface area (Å²) in [6.45, 7) is 0. The Morgan fingerprint density at radius 2 is 0.624 bits per heavy atom. The molecule has 0 radical (unpaired) electrons. The standard InChI is InChI=1S/2C20H15N.3C16H13N/c1-3-9-15-13(7-1)14-8-2-4-10-16(14)20-19(15)17-11-5-6-12-18(17)21-20;1-2-7-15-12-19-17(11-14(15)6-1)20-16-8-4-3-5-13(16)9-10-18(20)21-19;1-2-6-12-10-16-14(9-11(12)5-1)13-7-3-4-8-15(13)17-16;1-2-6-12-11(5-1)9-10-14-13-7-3-4-8-15(13)17-16(12)14;1-2-6-12-11(5-1)9-10-15-16(12)13-7-3-4-8-14(13)17-15/h1-12,19-21H;1-12,18,20-21H;2*1-10,14,16-17H;1-10,15-17H. The summed E-state index contributed by atoms with van der Waals surface area (Å²) in [5.41, 5.74) is 27.5. The Hall–Kier alpha value is -11.1. The average Bonchev–Trinajstić information content (AvgIpc) is 1.66. The molecule has 5 heteroatoms. The molecule has 0 fully saturated rings. The molecular formula is C88H69N5. The fraction of sp³-hybridized carbons (Fsp3) is 0.114. The van der Waals surface area contributed by atoms with Gasteiger partial charge in [-0.25, -0.2) is 0 Å². The SMILES string of the molecule is C1=CC2Nc3cc4ccccc4cc3C2c2ccccc21.C1=CC2Nc3ccccc3C2c2ccccc21.C1=CC2c3ccccc3NC2c2ccccc21.C1=c2ccccc2=CC2c3ccccc3NC12.c1ccc2c(c1)NC1c3ccccc3-c3ccccc3C21. The normalized spacial score (nSPS) is 22.5. The van der Waals surface area contributed by atoms with Gasteiger partial charge in [0.2, 0.25) is 0 Å². The lowest BCUT2D eigenvalue weighted by Gasteiger charge is -2.31. The highest BCUT2D eigenvalue weighted by molar-refractivity contribution is 5.90. The van der Waals surface area contributed by atoms with Crippen molar-refractivity contribution in [2.45, 2.75) is 59.8 Å². The van der Waals surface area contributed by atoms with E-state index in [9.17, 15) is 0 Å². The first-order chi connectivity index (χ1) is 46.1. The van der Waals surface area contributed by atoms with E-state index in [0.717, 1.165) is 0 Å². The van der Waals surface area contributed by atoms with Crippen LogP contribution in [0.2, 0.25) is 0 Å². The zero-order valence-corrected chi connectivity index (χ0v) is 51.5. The molecule has 0 bridgehead atoms. The summed E-state index contributed by atoms with van der Waals surface area (Å²) in [6.07, 6.45) is 18.4. The molecule has 10 atom stereocenters. The molecule has 12 aromatic carbocycles. The molecule has 446 valence electrons. The molecule has 0 amide bonds. The third-order valence-electron chi connectivity index (χ3n) is 20.9. The Bertz CT molecular complexity index is 5150. The van der Waals surface area contributed by atoms with Crippen molar-refractivity contribution in [1.29, 1.82) is 0 Å². The number of para-hydroxylation sites is 4. The highest BCUT2D eigenvalue weighted by atomic mass is 15.0. The van der Waals surface area contributed by atoms with Gasteiger partial charge in [-0.15, -0.1) is 0 Å². The molecule has 5 nitrogen and oxygen atoms in total. The van der Waals surface area contributed by atoms with Crippen molar-refractivity contribution in [3.05, 3.63) is 380 Å². The van der Waals surface area contributed by atoms with Crippen LogP contribution >= 0.6 is 0 Å². The molecule has 22 rings (SSSR count). The van der Waals surface area contributed by atoms with Crippen molar-refractivity contribution in [2.24, 2.45) is 0 Å². The summed E-state index contributed by atoms with van der Waals surface area (Å²) in [5.74, 6) is 2.31. The number of rotatable bonds is 0. The van der Waals surface area contributed by atoms with E-state index in [4.69, 9.17) is 0 Å². The van der Waals surface area contributed by atoms with Gasteiger partial charge in [0.1, 0.15) is 0 Å². The van der Waals surface area contributed by atoms with Crippen LogP contribution in [-0.4, -0.2) is 18.1 Å². The van der Waals surface area contributed by atoms with Crippen LogP contribution in [0.3, 0.4) is 0 Å². The fourth-order valence-electron chi connectivity index (χ4n) is 16.7. The molecule has 5 N–H and O–H groups in total. The molecule has 0 aromatic heterocycles. The molecule has 5 aliphatic heterocycles. The lowest BCUT2D eigenvalue weighted by atomic mass is 9.74. The first kappa shape index (κ1) is 54.8. The van der Waals surface area contributed by atoms with Gasteiger partial charge in [0.15, 0.2) is 0 Å². The second kappa shape index (κ2) is 23.0. The number of fused-ring (bicyclic) bond motifs is 28. The summed E-state index contributed by atoms with van der Waals surface area (Å²) >= 11 is 0. The van der Waals surface area contributed by atoms with E-state index in [2.05, 4.69) is 354 Å². The van der Waals surface area contributed by atoms with E-state index in [1.165, 1.54) is 133 Å². The summed E-state index contributed by atoms with van der Waals surface area (Å²) in [6, 6.07) is 102. The third-order valence-corrected chi connectivity index (χ3v) is 20.9. The van der Waals surface area contributed by atoms with Crippen LogP contribution in [-0.2, 0) is 0 Å². The Labute approximate surface area is 544 Å². The van der Waals surface area contributed by atoms with Gasteiger partial charge in [-0.1, -0.05) is 291 Å². The minimum absolute atomic E-state index is 0.355. The minimum Gasteiger partial charge on any atom is -0.378 e. The van der Waals surface area contributed by atoms with Gasteiger partial charge in [0, 0.05) is 58.0 Å². The molecule has 93 heavy (non-hydrogen) atoms. The maximum absolute atomic E-state index is 3.73. The monoisotopic (exact) mass is 1200 g/mol. The Kier molecular flexibility index (Phi) is 13.5. The summed E-state index contributed by atoms with van der Waals surface area (Å²) < 4.78 is 0. The highest BCUT2D eigenvalue weighted by Gasteiger charge is 2.41. The largest absolute Gasteiger partial charge is 0.378 e. The van der Waals surface area contributed by atoms with Crippen LogP contribution in [0, 0.1) is 0 Å². The van der Waals surface area contributed by atoms with Crippen LogP contribution in [0.25, 0.3) is 52.3 Å². The van der Waals surface area contributed by atoms with Gasteiger partial charge in [0.25, 0.3) is 0 Å².